The highest BCUT2D eigenvalue weighted by Gasteiger charge is 2.10. The molecule has 0 heterocycles. The lowest BCUT2D eigenvalue weighted by atomic mass is 10.1. The molecule has 0 aromatic heterocycles. The molecule has 3 nitrogen and oxygen atoms in total. The second-order valence-electron chi connectivity index (χ2n) is 4.36. The van der Waals surface area contributed by atoms with Gasteiger partial charge < -0.3 is 14.8 Å². The fourth-order valence-corrected chi connectivity index (χ4v) is 2.77. The third-order valence-electron chi connectivity index (χ3n) is 2.96. The topological polar surface area (TPSA) is 30.5 Å². The van der Waals surface area contributed by atoms with E-state index in [2.05, 4.69) is 37.2 Å². The van der Waals surface area contributed by atoms with Crippen molar-refractivity contribution in [3.63, 3.8) is 0 Å². The second kappa shape index (κ2) is 7.71. The van der Waals surface area contributed by atoms with Crippen molar-refractivity contribution < 1.29 is 9.47 Å². The SMILES string of the molecule is CCOc1cccc(CNc2cc(Br)ccc2Br)c1OC. The van der Waals surface area contributed by atoms with Crippen LogP contribution in [0, 0.1) is 0 Å². The number of rotatable bonds is 6. The first kappa shape index (κ1) is 16.2. The van der Waals surface area contributed by atoms with E-state index in [-0.39, 0.29) is 0 Å². The molecule has 112 valence electrons. The predicted octanol–water partition coefficient (Wildman–Crippen LogP) is 5.23. The summed E-state index contributed by atoms with van der Waals surface area (Å²) in [5, 5.41) is 3.40. The zero-order chi connectivity index (χ0) is 15.2. The number of nitrogens with one attached hydrogen (secondary N) is 1. The van der Waals surface area contributed by atoms with Gasteiger partial charge in [-0.3, -0.25) is 0 Å². The van der Waals surface area contributed by atoms with E-state index in [0.29, 0.717) is 13.2 Å². The molecule has 0 saturated carbocycles. The van der Waals surface area contributed by atoms with Gasteiger partial charge in [0.05, 0.1) is 13.7 Å². The van der Waals surface area contributed by atoms with Gasteiger partial charge in [-0.1, -0.05) is 28.1 Å². The van der Waals surface area contributed by atoms with Gasteiger partial charge in [0.25, 0.3) is 0 Å². The Bertz CT molecular complexity index is 617. The van der Waals surface area contributed by atoms with Gasteiger partial charge in [-0.05, 0) is 47.1 Å². The maximum Gasteiger partial charge on any atom is 0.165 e. The molecule has 0 fully saturated rings. The molecule has 0 unspecified atom stereocenters. The van der Waals surface area contributed by atoms with E-state index < -0.39 is 0 Å². The van der Waals surface area contributed by atoms with Gasteiger partial charge in [-0.15, -0.1) is 0 Å². The smallest absolute Gasteiger partial charge is 0.165 e. The Kier molecular flexibility index (Phi) is 5.94. The van der Waals surface area contributed by atoms with E-state index in [0.717, 1.165) is 31.7 Å². The third-order valence-corrected chi connectivity index (χ3v) is 4.15. The average Bonchev–Trinajstić information content (AvgIpc) is 2.48. The van der Waals surface area contributed by atoms with Crippen molar-refractivity contribution in [3.05, 3.63) is 50.9 Å². The molecule has 0 atom stereocenters. The first-order valence-electron chi connectivity index (χ1n) is 6.63. The summed E-state index contributed by atoms with van der Waals surface area (Å²) in [7, 11) is 1.66. The summed E-state index contributed by atoms with van der Waals surface area (Å²) in [5.74, 6) is 1.55. The monoisotopic (exact) mass is 413 g/mol. The lowest BCUT2D eigenvalue weighted by Crippen LogP contribution is -2.04. The van der Waals surface area contributed by atoms with Crippen molar-refractivity contribution in [3.8, 4) is 11.5 Å². The summed E-state index contributed by atoms with van der Waals surface area (Å²) in [4.78, 5) is 0. The van der Waals surface area contributed by atoms with E-state index >= 15 is 0 Å². The Hall–Kier alpha value is -1.20. The Morgan fingerprint density at radius 2 is 1.95 bits per heavy atom. The molecule has 0 spiro atoms. The van der Waals surface area contributed by atoms with Crippen molar-refractivity contribution in [2.75, 3.05) is 19.0 Å². The highest BCUT2D eigenvalue weighted by Crippen LogP contribution is 2.32. The van der Waals surface area contributed by atoms with E-state index in [1.165, 1.54) is 0 Å². The molecule has 2 aromatic carbocycles. The molecule has 0 saturated heterocycles. The number of methoxy groups -OCH3 is 1. The molecule has 0 aliphatic rings. The summed E-state index contributed by atoms with van der Waals surface area (Å²) in [6.45, 7) is 3.23. The summed E-state index contributed by atoms with van der Waals surface area (Å²) >= 11 is 7.02. The molecule has 2 aromatic rings. The summed E-state index contributed by atoms with van der Waals surface area (Å²) in [5.41, 5.74) is 2.07. The van der Waals surface area contributed by atoms with Gasteiger partial charge in [-0.2, -0.15) is 0 Å². The van der Waals surface area contributed by atoms with Crippen LogP contribution in [-0.4, -0.2) is 13.7 Å². The van der Waals surface area contributed by atoms with Gasteiger partial charge in [-0.25, -0.2) is 0 Å². The van der Waals surface area contributed by atoms with Crippen LogP contribution in [0.3, 0.4) is 0 Å². The maximum atomic E-state index is 5.59. The van der Waals surface area contributed by atoms with Gasteiger partial charge in [0.1, 0.15) is 0 Å². The molecule has 1 N–H and O–H groups in total. The van der Waals surface area contributed by atoms with Crippen LogP contribution in [0.1, 0.15) is 12.5 Å². The van der Waals surface area contributed by atoms with Crippen LogP contribution in [0.5, 0.6) is 11.5 Å². The standard InChI is InChI=1S/C16H17Br2NO2/c1-3-21-15-6-4-5-11(16(15)20-2)10-19-14-9-12(17)7-8-13(14)18/h4-9,19H,3,10H2,1-2H3. The predicted molar refractivity (Wildman–Crippen MR) is 93.3 cm³/mol. The van der Waals surface area contributed by atoms with Gasteiger partial charge in [0, 0.05) is 26.7 Å². The van der Waals surface area contributed by atoms with E-state index in [4.69, 9.17) is 9.47 Å². The zero-order valence-corrected chi connectivity index (χ0v) is 15.1. The van der Waals surface area contributed by atoms with Crippen LogP contribution in [0.25, 0.3) is 0 Å². The van der Waals surface area contributed by atoms with Crippen LogP contribution in [0.4, 0.5) is 5.69 Å². The number of hydrogen-bond donors (Lipinski definition) is 1. The first-order valence-corrected chi connectivity index (χ1v) is 8.22. The van der Waals surface area contributed by atoms with E-state index in [9.17, 15) is 0 Å². The van der Waals surface area contributed by atoms with E-state index in [1.807, 2.05) is 43.3 Å². The molecular weight excluding hydrogens is 398 g/mol. The molecule has 0 bridgehead atoms. The number of para-hydroxylation sites is 1. The molecular formula is C16H17Br2NO2. The number of benzene rings is 2. The zero-order valence-electron chi connectivity index (χ0n) is 12.0. The van der Waals surface area contributed by atoms with Crippen molar-refractivity contribution >= 4 is 37.5 Å². The first-order chi connectivity index (χ1) is 10.2. The Labute approximate surface area is 141 Å². The molecule has 0 aliphatic carbocycles. The third kappa shape index (κ3) is 4.14. The molecule has 0 amide bonds. The minimum Gasteiger partial charge on any atom is -0.493 e. The number of ether oxygens (including phenoxy) is 2. The lowest BCUT2D eigenvalue weighted by molar-refractivity contribution is 0.309. The number of hydrogen-bond acceptors (Lipinski definition) is 3. The molecule has 5 heteroatoms. The van der Waals surface area contributed by atoms with Gasteiger partial charge in [0.15, 0.2) is 11.5 Å². The summed E-state index contributed by atoms with van der Waals surface area (Å²) < 4.78 is 13.1. The highest BCUT2D eigenvalue weighted by molar-refractivity contribution is 9.11. The highest BCUT2D eigenvalue weighted by atomic mass is 79.9. The van der Waals surface area contributed by atoms with Crippen LogP contribution in [0.2, 0.25) is 0 Å². The molecule has 0 radical (unpaired) electrons. The quantitative estimate of drug-likeness (QED) is 0.701. The van der Waals surface area contributed by atoms with E-state index in [1.54, 1.807) is 7.11 Å². The average molecular weight is 415 g/mol. The second-order valence-corrected chi connectivity index (χ2v) is 6.13. The number of halogens is 2. The number of anilines is 1. The Balaban J connectivity index is 2.19. The fourth-order valence-electron chi connectivity index (χ4n) is 2.02. The van der Waals surface area contributed by atoms with Crippen LogP contribution >= 0.6 is 31.9 Å². The summed E-state index contributed by atoms with van der Waals surface area (Å²) in [6, 6.07) is 11.9. The summed E-state index contributed by atoms with van der Waals surface area (Å²) in [6.07, 6.45) is 0. The van der Waals surface area contributed by atoms with Crippen LogP contribution in [-0.2, 0) is 6.54 Å². The molecule has 21 heavy (non-hydrogen) atoms. The minimum absolute atomic E-state index is 0.615. The van der Waals surface area contributed by atoms with Crippen molar-refractivity contribution in [2.45, 2.75) is 13.5 Å². The van der Waals surface area contributed by atoms with Crippen LogP contribution in [0.15, 0.2) is 45.3 Å². The largest absolute Gasteiger partial charge is 0.493 e. The lowest BCUT2D eigenvalue weighted by Gasteiger charge is -2.15. The minimum atomic E-state index is 0.615. The van der Waals surface area contributed by atoms with Gasteiger partial charge >= 0.3 is 0 Å². The Morgan fingerprint density at radius 3 is 2.67 bits per heavy atom. The van der Waals surface area contributed by atoms with Gasteiger partial charge in [0.2, 0.25) is 0 Å². The maximum absolute atomic E-state index is 5.59. The normalized spacial score (nSPS) is 10.3. The molecule has 0 aliphatic heterocycles. The molecule has 2 rings (SSSR count). The van der Waals surface area contributed by atoms with Crippen molar-refractivity contribution in [2.24, 2.45) is 0 Å². The van der Waals surface area contributed by atoms with Crippen molar-refractivity contribution in [1.29, 1.82) is 0 Å². The van der Waals surface area contributed by atoms with Crippen LogP contribution < -0.4 is 14.8 Å². The Morgan fingerprint density at radius 1 is 1.14 bits per heavy atom. The fraction of sp³-hybridized carbons (Fsp3) is 0.250. The van der Waals surface area contributed by atoms with Crippen molar-refractivity contribution in [1.82, 2.24) is 0 Å².